The number of carboxylic acid groups (broad SMARTS) is 3. The van der Waals surface area contributed by atoms with Gasteiger partial charge in [-0.15, -0.1) is 0 Å². The number of carbonyl (C=O) groups is 4. The highest BCUT2D eigenvalue weighted by Crippen LogP contribution is 2.26. The van der Waals surface area contributed by atoms with E-state index in [2.05, 4.69) is 5.32 Å². The van der Waals surface area contributed by atoms with E-state index in [9.17, 15) is 19.2 Å². The van der Waals surface area contributed by atoms with Crippen LogP contribution in [0.25, 0.3) is 0 Å². The van der Waals surface area contributed by atoms with Crippen molar-refractivity contribution in [1.82, 2.24) is 10.2 Å². The van der Waals surface area contributed by atoms with Crippen LogP contribution in [0.15, 0.2) is 12.3 Å². The van der Waals surface area contributed by atoms with Crippen molar-refractivity contribution >= 4 is 29.7 Å². The van der Waals surface area contributed by atoms with Crippen LogP contribution in [0.1, 0.15) is 58.8 Å². The van der Waals surface area contributed by atoms with Crippen molar-refractivity contribution in [3.8, 4) is 0 Å². The molecule has 0 saturated heterocycles. The van der Waals surface area contributed by atoms with Gasteiger partial charge in [-0.3, -0.25) is 24.6 Å². The molecule has 0 spiro atoms. The van der Waals surface area contributed by atoms with Crippen molar-refractivity contribution in [2.24, 2.45) is 0 Å². The number of aliphatic carboxylic acids is 3. The summed E-state index contributed by atoms with van der Waals surface area (Å²) in [6.07, 6.45) is 2.29. The molecule has 0 fully saturated rings. The van der Waals surface area contributed by atoms with Gasteiger partial charge in [0.2, 0.25) is 5.91 Å². The van der Waals surface area contributed by atoms with E-state index in [1.165, 1.54) is 4.90 Å². The first-order valence-corrected chi connectivity index (χ1v) is 8.98. The normalized spacial score (nSPS) is 11.2. The molecule has 28 heavy (non-hydrogen) atoms. The molecule has 10 heteroatoms. The van der Waals surface area contributed by atoms with Gasteiger partial charge >= 0.3 is 17.9 Å². The molecule has 0 radical (unpaired) electrons. The van der Waals surface area contributed by atoms with Crippen LogP contribution >= 0.6 is 0 Å². The zero-order valence-corrected chi connectivity index (χ0v) is 16.2. The fourth-order valence-electron chi connectivity index (χ4n) is 2.71. The SMILES string of the molecule is C/C=C\N(CC(=O)NC(CCC(=O)O)(CCC(=O)O)CCC(=O)O)C(=N)CC. The zero-order chi connectivity index (χ0) is 21.7. The molecule has 0 aliphatic heterocycles. The lowest BCUT2D eigenvalue weighted by Crippen LogP contribution is -2.52. The maximum Gasteiger partial charge on any atom is 0.303 e. The Bertz CT molecular complexity index is 571. The van der Waals surface area contributed by atoms with E-state index in [0.717, 1.165) is 0 Å². The summed E-state index contributed by atoms with van der Waals surface area (Å²) in [5.41, 5.74) is -1.28. The molecule has 0 aliphatic carbocycles. The minimum atomic E-state index is -1.28. The van der Waals surface area contributed by atoms with Crippen LogP contribution in [0.2, 0.25) is 0 Å². The molecular formula is C18H29N3O7. The summed E-state index contributed by atoms with van der Waals surface area (Å²) >= 11 is 0. The Kier molecular flexibility index (Phi) is 11.2. The monoisotopic (exact) mass is 399 g/mol. The molecule has 0 unspecified atom stereocenters. The number of carbonyl (C=O) groups excluding carboxylic acids is 1. The summed E-state index contributed by atoms with van der Waals surface area (Å²) in [6.45, 7) is 3.27. The standard InChI is InChI=1S/C18H29N3O7/c1-3-11-21(13(19)4-2)12-14(22)20-18(8-5-15(23)24,9-6-16(25)26)10-7-17(27)28/h3,11,19H,4-10,12H2,1-2H3,(H,20,22)(H,23,24)(H,25,26)(H,27,28)/b11-3-,19-13?. The summed E-state index contributed by atoms with van der Waals surface area (Å²) in [7, 11) is 0. The predicted molar refractivity (Wildman–Crippen MR) is 101 cm³/mol. The van der Waals surface area contributed by atoms with Gasteiger partial charge in [-0.25, -0.2) is 0 Å². The fourth-order valence-corrected chi connectivity index (χ4v) is 2.71. The minimum absolute atomic E-state index is 0.0938. The lowest BCUT2D eigenvalue weighted by molar-refractivity contribution is -0.139. The number of allylic oxidation sites excluding steroid dienone is 1. The molecule has 0 aromatic carbocycles. The molecule has 0 aliphatic rings. The Morgan fingerprint density at radius 3 is 1.71 bits per heavy atom. The van der Waals surface area contributed by atoms with Crippen molar-refractivity contribution in [1.29, 1.82) is 5.41 Å². The minimum Gasteiger partial charge on any atom is -0.481 e. The van der Waals surface area contributed by atoms with E-state index >= 15 is 0 Å². The van der Waals surface area contributed by atoms with Crippen LogP contribution in [-0.2, 0) is 19.2 Å². The maximum absolute atomic E-state index is 12.6. The average molecular weight is 399 g/mol. The third-order valence-corrected chi connectivity index (χ3v) is 4.18. The van der Waals surface area contributed by atoms with Crippen LogP contribution in [0.3, 0.4) is 0 Å². The lowest BCUT2D eigenvalue weighted by atomic mass is 9.83. The Morgan fingerprint density at radius 1 is 0.964 bits per heavy atom. The van der Waals surface area contributed by atoms with Crippen molar-refractivity contribution < 1.29 is 34.5 Å². The molecule has 1 amide bonds. The van der Waals surface area contributed by atoms with Crippen LogP contribution < -0.4 is 5.32 Å². The van der Waals surface area contributed by atoms with E-state index < -0.39 is 29.4 Å². The van der Waals surface area contributed by atoms with Crippen molar-refractivity contribution in [2.45, 2.75) is 64.3 Å². The number of amidine groups is 1. The number of carboxylic acids is 3. The van der Waals surface area contributed by atoms with Gasteiger partial charge in [-0.2, -0.15) is 0 Å². The molecule has 158 valence electrons. The molecular weight excluding hydrogens is 370 g/mol. The van der Waals surface area contributed by atoms with Gasteiger partial charge in [0.25, 0.3) is 0 Å². The van der Waals surface area contributed by atoms with E-state index in [4.69, 9.17) is 20.7 Å². The average Bonchev–Trinajstić information content (AvgIpc) is 2.61. The second kappa shape index (κ2) is 12.5. The highest BCUT2D eigenvalue weighted by atomic mass is 16.4. The number of nitrogens with zero attached hydrogens (tertiary/aromatic N) is 1. The number of hydrogen-bond acceptors (Lipinski definition) is 5. The number of hydrogen-bond donors (Lipinski definition) is 5. The molecule has 0 aromatic rings. The second-order valence-corrected chi connectivity index (χ2v) is 6.42. The molecule has 0 aromatic heterocycles. The van der Waals surface area contributed by atoms with Gasteiger partial charge in [0.15, 0.2) is 0 Å². The van der Waals surface area contributed by atoms with Gasteiger partial charge in [-0.05, 0) is 26.2 Å². The molecule has 10 nitrogen and oxygen atoms in total. The largest absolute Gasteiger partial charge is 0.481 e. The van der Waals surface area contributed by atoms with Gasteiger partial charge < -0.3 is 25.5 Å². The summed E-state index contributed by atoms with van der Waals surface area (Å²) in [5.74, 6) is -3.74. The van der Waals surface area contributed by atoms with E-state index in [0.29, 0.717) is 6.42 Å². The Hall–Kier alpha value is -2.91. The van der Waals surface area contributed by atoms with Gasteiger partial charge in [-0.1, -0.05) is 13.0 Å². The molecule has 0 rings (SSSR count). The van der Waals surface area contributed by atoms with Crippen molar-refractivity contribution in [2.75, 3.05) is 6.54 Å². The first-order chi connectivity index (χ1) is 13.0. The van der Waals surface area contributed by atoms with Crippen LogP contribution in [0.4, 0.5) is 0 Å². The molecule has 5 N–H and O–H groups in total. The summed E-state index contributed by atoms with van der Waals surface area (Å²) in [6, 6.07) is 0. The summed E-state index contributed by atoms with van der Waals surface area (Å²) in [4.78, 5) is 47.0. The molecule has 0 heterocycles. The quantitative estimate of drug-likeness (QED) is 0.217. The second-order valence-electron chi connectivity index (χ2n) is 6.42. The van der Waals surface area contributed by atoms with Crippen molar-refractivity contribution in [3.05, 3.63) is 12.3 Å². The lowest BCUT2D eigenvalue weighted by Gasteiger charge is -2.35. The first-order valence-electron chi connectivity index (χ1n) is 8.98. The Balaban J connectivity index is 5.53. The smallest absolute Gasteiger partial charge is 0.303 e. The van der Waals surface area contributed by atoms with Gasteiger partial charge in [0, 0.05) is 37.4 Å². The van der Waals surface area contributed by atoms with Gasteiger partial charge in [0.05, 0.1) is 5.84 Å². The Morgan fingerprint density at radius 2 is 1.39 bits per heavy atom. The molecule has 0 atom stereocenters. The van der Waals surface area contributed by atoms with Crippen LogP contribution in [0, 0.1) is 5.41 Å². The zero-order valence-electron chi connectivity index (χ0n) is 16.2. The van der Waals surface area contributed by atoms with Crippen LogP contribution in [0.5, 0.6) is 0 Å². The number of nitrogens with one attached hydrogen (secondary N) is 2. The third kappa shape index (κ3) is 10.3. The van der Waals surface area contributed by atoms with E-state index in [1.807, 2.05) is 0 Å². The summed E-state index contributed by atoms with van der Waals surface area (Å²) < 4.78 is 0. The third-order valence-electron chi connectivity index (χ3n) is 4.18. The summed E-state index contributed by atoms with van der Waals surface area (Å²) in [5, 5.41) is 37.5. The number of amides is 1. The fraction of sp³-hybridized carbons (Fsp3) is 0.611. The highest BCUT2D eigenvalue weighted by Gasteiger charge is 2.34. The highest BCUT2D eigenvalue weighted by molar-refractivity contribution is 5.87. The topological polar surface area (TPSA) is 168 Å². The van der Waals surface area contributed by atoms with E-state index in [-0.39, 0.29) is 50.9 Å². The van der Waals surface area contributed by atoms with Gasteiger partial charge in [0.1, 0.15) is 6.54 Å². The van der Waals surface area contributed by atoms with E-state index in [1.54, 1.807) is 26.1 Å². The number of rotatable bonds is 14. The molecule has 0 saturated carbocycles. The maximum atomic E-state index is 12.6. The first kappa shape index (κ1) is 25.1. The predicted octanol–water partition coefficient (Wildman–Crippen LogP) is 1.66. The molecule has 0 bridgehead atoms. The van der Waals surface area contributed by atoms with Crippen LogP contribution in [-0.4, -0.2) is 62.0 Å². The Labute approximate surface area is 163 Å². The van der Waals surface area contributed by atoms with Crippen molar-refractivity contribution in [3.63, 3.8) is 0 Å².